The number of thioether (sulfide) groups is 2. The molecule has 0 bridgehead atoms. The minimum absolute atomic E-state index is 0.340. The highest BCUT2D eigenvalue weighted by atomic mass is 32.2. The Hall–Kier alpha value is -1.46. The third-order valence-corrected chi connectivity index (χ3v) is 4.67. The van der Waals surface area contributed by atoms with E-state index in [1.54, 1.807) is 11.8 Å². The summed E-state index contributed by atoms with van der Waals surface area (Å²) in [6.07, 6.45) is 4.60. The predicted octanol–water partition coefficient (Wildman–Crippen LogP) is -0.990. The summed E-state index contributed by atoms with van der Waals surface area (Å²) >= 11 is 3.06. The Morgan fingerprint density at radius 1 is 0.962 bits per heavy atom. The van der Waals surface area contributed by atoms with E-state index in [1.807, 2.05) is 12.5 Å². The lowest BCUT2D eigenvalue weighted by molar-refractivity contribution is -0.138. The molecule has 6 N–H and O–H groups in total. The summed E-state index contributed by atoms with van der Waals surface area (Å²) in [6, 6.07) is -2.45. The van der Waals surface area contributed by atoms with Gasteiger partial charge in [0.25, 0.3) is 0 Å². The summed E-state index contributed by atoms with van der Waals surface area (Å²) in [5, 5.41) is 15.9. The molecule has 0 heterocycles. The van der Waals surface area contributed by atoms with Gasteiger partial charge in [0.1, 0.15) is 18.6 Å². The van der Waals surface area contributed by atoms with Crippen molar-refractivity contribution in [2.24, 2.45) is 5.73 Å². The van der Waals surface area contributed by atoms with Crippen LogP contribution in [0.15, 0.2) is 0 Å². The van der Waals surface area contributed by atoms with Crippen LogP contribution in [-0.4, -0.2) is 77.5 Å². The van der Waals surface area contributed by atoms with Crippen molar-refractivity contribution in [2.45, 2.75) is 37.9 Å². The molecular formula is C15H28N4O5S2. The summed E-state index contributed by atoms with van der Waals surface area (Å²) < 4.78 is 0. The van der Waals surface area contributed by atoms with E-state index in [-0.39, 0.29) is 0 Å². The van der Waals surface area contributed by atoms with Gasteiger partial charge in [0, 0.05) is 0 Å². The van der Waals surface area contributed by atoms with Gasteiger partial charge in [0.05, 0.1) is 6.04 Å². The van der Waals surface area contributed by atoms with E-state index in [0.29, 0.717) is 18.6 Å². The molecule has 0 radical (unpaired) electrons. The maximum Gasteiger partial charge on any atom is 0.322 e. The molecule has 150 valence electrons. The fourth-order valence-corrected chi connectivity index (χ4v) is 2.81. The Labute approximate surface area is 162 Å². The highest BCUT2D eigenvalue weighted by Crippen LogP contribution is 2.03. The lowest BCUT2D eigenvalue weighted by Gasteiger charge is -2.21. The van der Waals surface area contributed by atoms with E-state index in [0.717, 1.165) is 5.75 Å². The molecule has 0 aromatic heterocycles. The molecule has 0 aromatic carbocycles. The number of hydrogen-bond acceptors (Lipinski definition) is 7. The fourth-order valence-electron chi connectivity index (χ4n) is 1.85. The highest BCUT2D eigenvalue weighted by molar-refractivity contribution is 7.98. The van der Waals surface area contributed by atoms with Gasteiger partial charge in [-0.15, -0.1) is 0 Å². The van der Waals surface area contributed by atoms with Crippen molar-refractivity contribution < 1.29 is 24.3 Å². The number of nitrogens with two attached hydrogens (primary N) is 1. The number of carbonyl (C=O) groups excluding carboxylic acids is 3. The van der Waals surface area contributed by atoms with E-state index in [9.17, 15) is 19.2 Å². The lowest BCUT2D eigenvalue weighted by atomic mass is 10.1. The van der Waals surface area contributed by atoms with Crippen LogP contribution in [-0.2, 0) is 19.2 Å². The van der Waals surface area contributed by atoms with Gasteiger partial charge in [-0.3, -0.25) is 19.2 Å². The molecule has 0 fully saturated rings. The number of hydrogen-bond donors (Lipinski definition) is 5. The van der Waals surface area contributed by atoms with Gasteiger partial charge in [-0.2, -0.15) is 23.5 Å². The first kappa shape index (κ1) is 24.5. The summed E-state index contributed by atoms with van der Waals surface area (Å²) in [4.78, 5) is 46.8. The van der Waals surface area contributed by atoms with Gasteiger partial charge in [0.15, 0.2) is 0 Å². The average molecular weight is 409 g/mol. The van der Waals surface area contributed by atoms with Crippen molar-refractivity contribution in [1.29, 1.82) is 0 Å². The second-order valence-electron chi connectivity index (χ2n) is 5.57. The Bertz CT molecular complexity index is 493. The first-order valence-corrected chi connectivity index (χ1v) is 10.8. The molecule has 9 nitrogen and oxygen atoms in total. The molecule has 0 rings (SSSR count). The van der Waals surface area contributed by atoms with Gasteiger partial charge in [-0.25, -0.2) is 0 Å². The number of amides is 3. The van der Waals surface area contributed by atoms with Gasteiger partial charge in [0.2, 0.25) is 17.7 Å². The number of aliphatic carboxylic acids is 1. The fraction of sp³-hybridized carbons (Fsp3) is 0.733. The maximum atomic E-state index is 12.3. The van der Waals surface area contributed by atoms with Crippen LogP contribution in [0.4, 0.5) is 0 Å². The van der Waals surface area contributed by atoms with Crippen molar-refractivity contribution in [1.82, 2.24) is 16.0 Å². The number of nitrogens with one attached hydrogen (secondary N) is 3. The molecule has 0 aliphatic heterocycles. The zero-order chi connectivity index (χ0) is 20.1. The second kappa shape index (κ2) is 13.7. The van der Waals surface area contributed by atoms with Crippen LogP contribution < -0.4 is 21.7 Å². The summed E-state index contributed by atoms with van der Waals surface area (Å²) in [5.74, 6) is -1.38. The summed E-state index contributed by atoms with van der Waals surface area (Å²) in [7, 11) is 0. The molecule has 3 amide bonds. The van der Waals surface area contributed by atoms with Crippen LogP contribution in [0.5, 0.6) is 0 Å². The minimum atomic E-state index is -1.17. The molecule has 0 aromatic rings. The molecule has 3 atom stereocenters. The zero-order valence-electron chi connectivity index (χ0n) is 15.2. The Morgan fingerprint density at radius 2 is 1.54 bits per heavy atom. The topological polar surface area (TPSA) is 151 Å². The monoisotopic (exact) mass is 408 g/mol. The van der Waals surface area contributed by atoms with Gasteiger partial charge < -0.3 is 26.8 Å². The van der Waals surface area contributed by atoms with Crippen LogP contribution in [0, 0.1) is 0 Å². The molecular weight excluding hydrogens is 380 g/mol. The minimum Gasteiger partial charge on any atom is -0.480 e. The quantitative estimate of drug-likeness (QED) is 0.261. The Kier molecular flexibility index (Phi) is 12.9. The SMILES string of the molecule is CSCCC(N)C(=O)NC(C)C(=O)NC(CCSC)C(=O)NCC(=O)O. The number of carboxylic acid groups (broad SMARTS) is 1. The van der Waals surface area contributed by atoms with Crippen molar-refractivity contribution >= 4 is 47.2 Å². The predicted molar refractivity (Wildman–Crippen MR) is 104 cm³/mol. The van der Waals surface area contributed by atoms with Gasteiger partial charge >= 0.3 is 5.97 Å². The van der Waals surface area contributed by atoms with Crippen molar-refractivity contribution in [3.8, 4) is 0 Å². The van der Waals surface area contributed by atoms with Crippen molar-refractivity contribution in [3.05, 3.63) is 0 Å². The zero-order valence-corrected chi connectivity index (χ0v) is 16.9. The van der Waals surface area contributed by atoms with Crippen molar-refractivity contribution in [3.63, 3.8) is 0 Å². The number of carbonyl (C=O) groups is 4. The third kappa shape index (κ3) is 10.5. The number of rotatable bonds is 13. The number of carboxylic acids is 1. The van der Waals surface area contributed by atoms with Crippen LogP contribution in [0.1, 0.15) is 19.8 Å². The standard InChI is InChI=1S/C15H28N4O5S2/c1-9(18-14(23)10(16)4-6-25-2)13(22)19-11(5-7-26-3)15(24)17-8-12(20)21/h9-11H,4-8,16H2,1-3H3,(H,17,24)(H,18,23)(H,19,22)(H,20,21). The molecule has 0 spiro atoms. The van der Waals surface area contributed by atoms with E-state index in [2.05, 4.69) is 16.0 Å². The normalized spacial score (nSPS) is 14.0. The second-order valence-corrected chi connectivity index (χ2v) is 7.54. The molecule has 26 heavy (non-hydrogen) atoms. The van der Waals surface area contributed by atoms with Crippen LogP contribution >= 0.6 is 23.5 Å². The highest BCUT2D eigenvalue weighted by Gasteiger charge is 2.25. The molecule has 0 saturated heterocycles. The molecule has 11 heteroatoms. The summed E-state index contributed by atoms with van der Waals surface area (Å²) in [5.41, 5.74) is 5.76. The molecule has 0 aliphatic carbocycles. The molecule has 0 saturated carbocycles. The lowest BCUT2D eigenvalue weighted by Crippen LogP contribution is -2.55. The summed E-state index contributed by atoms with van der Waals surface area (Å²) in [6.45, 7) is 0.969. The average Bonchev–Trinajstić information content (AvgIpc) is 2.60. The van der Waals surface area contributed by atoms with E-state index in [4.69, 9.17) is 10.8 Å². The first-order chi connectivity index (χ1) is 12.2. The van der Waals surface area contributed by atoms with Crippen LogP contribution in [0.25, 0.3) is 0 Å². The van der Waals surface area contributed by atoms with Crippen molar-refractivity contribution in [2.75, 3.05) is 30.6 Å². The Morgan fingerprint density at radius 3 is 2.08 bits per heavy atom. The van der Waals surface area contributed by atoms with E-state index >= 15 is 0 Å². The molecule has 0 aliphatic rings. The van der Waals surface area contributed by atoms with E-state index in [1.165, 1.54) is 18.7 Å². The van der Waals surface area contributed by atoms with E-state index < -0.39 is 48.4 Å². The van der Waals surface area contributed by atoms with Crippen LogP contribution in [0.2, 0.25) is 0 Å². The maximum absolute atomic E-state index is 12.3. The smallest absolute Gasteiger partial charge is 0.322 e. The van der Waals surface area contributed by atoms with Crippen LogP contribution in [0.3, 0.4) is 0 Å². The Balaban J connectivity index is 4.67. The molecule has 3 unspecified atom stereocenters. The largest absolute Gasteiger partial charge is 0.480 e. The first-order valence-electron chi connectivity index (χ1n) is 8.06. The van der Waals surface area contributed by atoms with Gasteiger partial charge in [-0.05, 0) is 43.8 Å². The van der Waals surface area contributed by atoms with Gasteiger partial charge in [-0.1, -0.05) is 0 Å². The third-order valence-electron chi connectivity index (χ3n) is 3.38.